The minimum Gasteiger partial charge on any atom is -0.462 e. The number of nitrogens with zero attached hydrogens (tertiary/aromatic N) is 2. The third-order valence-corrected chi connectivity index (χ3v) is 7.17. The molecule has 25 heavy (non-hydrogen) atoms. The van der Waals surface area contributed by atoms with Crippen molar-refractivity contribution >= 4 is 33.3 Å². The van der Waals surface area contributed by atoms with E-state index in [0.29, 0.717) is 12.2 Å². The lowest BCUT2D eigenvalue weighted by atomic mass is 9.53. The lowest BCUT2D eigenvalue weighted by Gasteiger charge is -2.57. The molecule has 0 saturated heterocycles. The zero-order chi connectivity index (χ0) is 17.0. The number of nitrogens with one attached hydrogen (secondary N) is 1. The highest BCUT2D eigenvalue weighted by Gasteiger charge is 2.51. The molecule has 0 aromatic carbocycles. The monoisotopic (exact) mass is 357 g/mol. The van der Waals surface area contributed by atoms with E-state index >= 15 is 0 Å². The molecule has 1 N–H and O–H groups in total. The normalized spacial score (nSPS) is 32.9. The van der Waals surface area contributed by atoms with Crippen molar-refractivity contribution in [1.29, 1.82) is 0 Å². The summed E-state index contributed by atoms with van der Waals surface area (Å²) < 4.78 is 5.23. The summed E-state index contributed by atoms with van der Waals surface area (Å²) in [4.78, 5) is 22.1. The van der Waals surface area contributed by atoms with Gasteiger partial charge in [0.15, 0.2) is 0 Å². The molecule has 0 amide bonds. The predicted molar refractivity (Wildman–Crippen MR) is 97.9 cm³/mol. The summed E-state index contributed by atoms with van der Waals surface area (Å²) in [6, 6.07) is 0. The van der Waals surface area contributed by atoms with Gasteiger partial charge in [-0.2, -0.15) is 0 Å². The third kappa shape index (κ3) is 2.53. The van der Waals surface area contributed by atoms with E-state index in [1.165, 1.54) is 49.9 Å². The molecule has 0 radical (unpaired) electrons. The average Bonchev–Trinajstić information content (AvgIpc) is 2.99. The maximum atomic E-state index is 12.3. The van der Waals surface area contributed by atoms with E-state index in [0.717, 1.165) is 33.8 Å². The van der Waals surface area contributed by atoms with Gasteiger partial charge in [-0.25, -0.2) is 14.8 Å². The van der Waals surface area contributed by atoms with Crippen LogP contribution in [0.2, 0.25) is 0 Å². The summed E-state index contributed by atoms with van der Waals surface area (Å²) in [5.74, 6) is 3.13. The molecule has 4 aliphatic carbocycles. The van der Waals surface area contributed by atoms with Crippen LogP contribution in [0.3, 0.4) is 0 Å². The van der Waals surface area contributed by atoms with E-state index in [4.69, 9.17) is 4.74 Å². The Bertz CT molecular complexity index is 796. The Morgan fingerprint density at radius 2 is 1.92 bits per heavy atom. The Hall–Kier alpha value is -1.69. The molecule has 132 valence electrons. The highest BCUT2D eigenvalue weighted by atomic mass is 32.1. The summed E-state index contributed by atoms with van der Waals surface area (Å²) in [6.07, 6.45) is 9.55. The fraction of sp³-hybridized carbons (Fsp3) is 0.632. The Balaban J connectivity index is 1.53. The van der Waals surface area contributed by atoms with Crippen LogP contribution in [0.5, 0.6) is 0 Å². The van der Waals surface area contributed by atoms with Crippen LogP contribution in [0, 0.1) is 17.8 Å². The number of ether oxygens (including phenoxy) is 1. The van der Waals surface area contributed by atoms with E-state index in [-0.39, 0.29) is 11.5 Å². The lowest BCUT2D eigenvalue weighted by molar-refractivity contribution is 0.0106. The van der Waals surface area contributed by atoms with Crippen LogP contribution >= 0.6 is 11.3 Å². The van der Waals surface area contributed by atoms with Crippen LogP contribution in [0.1, 0.15) is 55.8 Å². The second kappa shape index (κ2) is 5.66. The van der Waals surface area contributed by atoms with E-state index in [1.807, 2.05) is 12.3 Å². The highest BCUT2D eigenvalue weighted by Crippen LogP contribution is 2.56. The Morgan fingerprint density at radius 3 is 2.56 bits per heavy atom. The summed E-state index contributed by atoms with van der Waals surface area (Å²) >= 11 is 1.48. The van der Waals surface area contributed by atoms with Crippen molar-refractivity contribution in [3.05, 3.63) is 17.3 Å². The van der Waals surface area contributed by atoms with Crippen molar-refractivity contribution < 1.29 is 9.53 Å². The van der Waals surface area contributed by atoms with Gasteiger partial charge in [-0.3, -0.25) is 0 Å². The lowest BCUT2D eigenvalue weighted by Crippen LogP contribution is -2.54. The topological polar surface area (TPSA) is 64.1 Å². The van der Waals surface area contributed by atoms with Crippen molar-refractivity contribution in [3.8, 4) is 0 Å². The average molecular weight is 357 g/mol. The molecule has 2 heterocycles. The SMILES string of the molecule is CCOC(=O)c1csc2ncnc(NC34CC5CC(CC(C5)C3)C4)c12. The standard InChI is InChI=1S/C19H23N3O2S/c1-2-24-18(23)14-9-25-17-15(14)16(20-10-21-17)22-19-6-11-3-12(7-19)5-13(4-11)8-19/h9-13H,2-8H2,1H3,(H,20,21,22). The van der Waals surface area contributed by atoms with E-state index in [2.05, 4.69) is 15.3 Å². The van der Waals surface area contributed by atoms with Gasteiger partial charge in [0.1, 0.15) is 17.0 Å². The molecule has 4 fully saturated rings. The zero-order valence-corrected chi connectivity index (χ0v) is 15.3. The molecule has 5 nitrogen and oxygen atoms in total. The van der Waals surface area contributed by atoms with Gasteiger partial charge in [-0.15, -0.1) is 11.3 Å². The van der Waals surface area contributed by atoms with Gasteiger partial charge >= 0.3 is 5.97 Å². The van der Waals surface area contributed by atoms with Gasteiger partial charge in [0.05, 0.1) is 17.6 Å². The first-order valence-corrected chi connectivity index (χ1v) is 10.2. The molecule has 4 aliphatic rings. The summed E-state index contributed by atoms with van der Waals surface area (Å²) in [7, 11) is 0. The van der Waals surface area contributed by atoms with Crippen LogP contribution in [-0.4, -0.2) is 28.1 Å². The second-order valence-electron chi connectivity index (χ2n) is 8.10. The second-order valence-corrected chi connectivity index (χ2v) is 8.95. The molecule has 0 atom stereocenters. The van der Waals surface area contributed by atoms with Crippen LogP contribution < -0.4 is 5.32 Å². The number of hydrogen-bond acceptors (Lipinski definition) is 6. The summed E-state index contributed by atoms with van der Waals surface area (Å²) in [6.45, 7) is 2.21. The number of carbonyl (C=O) groups is 1. The largest absolute Gasteiger partial charge is 0.462 e. The number of thiophene rings is 1. The first-order chi connectivity index (χ1) is 12.2. The minimum absolute atomic E-state index is 0.157. The van der Waals surface area contributed by atoms with Gasteiger partial charge in [-0.1, -0.05) is 0 Å². The smallest absolute Gasteiger partial charge is 0.339 e. The highest BCUT2D eigenvalue weighted by molar-refractivity contribution is 7.17. The van der Waals surface area contributed by atoms with Crippen molar-refractivity contribution in [2.45, 2.75) is 51.0 Å². The number of rotatable bonds is 4. The Kier molecular flexibility index (Phi) is 3.52. The summed E-state index contributed by atoms with van der Waals surface area (Å²) in [5, 5.41) is 6.49. The Labute approximate surface area is 151 Å². The molecule has 6 rings (SSSR count). The number of fused-ring (bicyclic) bond motifs is 1. The molecule has 4 bridgehead atoms. The van der Waals surface area contributed by atoms with E-state index in [9.17, 15) is 4.79 Å². The van der Waals surface area contributed by atoms with Gasteiger partial charge in [0, 0.05) is 10.9 Å². The zero-order valence-electron chi connectivity index (χ0n) is 14.5. The van der Waals surface area contributed by atoms with Crippen molar-refractivity contribution in [2.24, 2.45) is 17.8 Å². The molecule has 0 spiro atoms. The minimum atomic E-state index is -0.280. The number of hydrogen-bond donors (Lipinski definition) is 1. The summed E-state index contributed by atoms with van der Waals surface area (Å²) in [5.41, 5.74) is 0.749. The van der Waals surface area contributed by atoms with Crippen molar-refractivity contribution in [3.63, 3.8) is 0 Å². The molecule has 0 unspecified atom stereocenters. The van der Waals surface area contributed by atoms with Crippen LogP contribution in [0.4, 0.5) is 5.82 Å². The quantitative estimate of drug-likeness (QED) is 0.829. The van der Waals surface area contributed by atoms with Gasteiger partial charge in [0.25, 0.3) is 0 Å². The third-order valence-electron chi connectivity index (χ3n) is 6.29. The van der Waals surface area contributed by atoms with E-state index in [1.54, 1.807) is 6.33 Å². The molecule has 6 heteroatoms. The molecular formula is C19H23N3O2S. The predicted octanol–water partition coefficient (Wildman–Crippen LogP) is 4.25. The van der Waals surface area contributed by atoms with Crippen LogP contribution in [0.25, 0.3) is 10.2 Å². The first kappa shape index (κ1) is 15.6. The van der Waals surface area contributed by atoms with Crippen molar-refractivity contribution in [1.82, 2.24) is 9.97 Å². The van der Waals surface area contributed by atoms with Gasteiger partial charge in [-0.05, 0) is 63.2 Å². The Morgan fingerprint density at radius 1 is 1.24 bits per heavy atom. The molecule has 0 aliphatic heterocycles. The number of aromatic nitrogens is 2. The molecular weight excluding hydrogens is 334 g/mol. The van der Waals surface area contributed by atoms with Crippen LogP contribution in [-0.2, 0) is 4.74 Å². The van der Waals surface area contributed by atoms with E-state index < -0.39 is 0 Å². The number of esters is 1. The van der Waals surface area contributed by atoms with Crippen LogP contribution in [0.15, 0.2) is 11.7 Å². The van der Waals surface area contributed by atoms with Gasteiger partial charge in [0.2, 0.25) is 0 Å². The molecule has 4 saturated carbocycles. The van der Waals surface area contributed by atoms with Crippen molar-refractivity contribution in [2.75, 3.05) is 11.9 Å². The number of anilines is 1. The molecule has 2 aromatic rings. The molecule has 2 aromatic heterocycles. The maximum Gasteiger partial charge on any atom is 0.339 e. The fourth-order valence-electron chi connectivity index (χ4n) is 5.84. The first-order valence-electron chi connectivity index (χ1n) is 9.33. The van der Waals surface area contributed by atoms with Gasteiger partial charge < -0.3 is 10.1 Å². The maximum absolute atomic E-state index is 12.3. The fourth-order valence-corrected chi connectivity index (χ4v) is 6.72. The number of carbonyl (C=O) groups excluding carboxylic acids is 1.